The van der Waals surface area contributed by atoms with Crippen molar-refractivity contribution in [3.8, 4) is 5.82 Å². The number of pyridine rings is 1. The molecule has 1 aliphatic rings. The van der Waals surface area contributed by atoms with Gasteiger partial charge in [-0.05, 0) is 25.1 Å². The van der Waals surface area contributed by atoms with Gasteiger partial charge >= 0.3 is 0 Å². The maximum absolute atomic E-state index is 12.4. The third kappa shape index (κ3) is 3.77. The maximum atomic E-state index is 12.4. The highest BCUT2D eigenvalue weighted by Gasteiger charge is 2.20. The van der Waals surface area contributed by atoms with Gasteiger partial charge in [0, 0.05) is 44.3 Å². The first-order valence-electron chi connectivity index (χ1n) is 8.77. The Morgan fingerprint density at radius 1 is 1.22 bits per heavy atom. The predicted octanol–water partition coefficient (Wildman–Crippen LogP) is 1.11. The van der Waals surface area contributed by atoms with Crippen molar-refractivity contribution >= 4 is 17.5 Å². The summed E-state index contributed by atoms with van der Waals surface area (Å²) < 4.78 is 1.63. The number of amides is 1. The molecule has 0 aliphatic carbocycles. The standard InChI is InChI=1S/C18H20N8O/c1-13-9-19-6-8-25(13)18-21-11-15(12-22-18)24-17(27)14-3-4-16(20-10-14)26-7-2-5-23-26/h2-5,7,10-13,19H,6,8-9H2,1H3,(H,24,27)/t13-/m0/s1. The molecule has 138 valence electrons. The zero-order valence-corrected chi connectivity index (χ0v) is 14.9. The number of rotatable bonds is 4. The highest BCUT2D eigenvalue weighted by molar-refractivity contribution is 6.03. The summed E-state index contributed by atoms with van der Waals surface area (Å²) in [7, 11) is 0. The fourth-order valence-corrected chi connectivity index (χ4v) is 2.94. The van der Waals surface area contributed by atoms with Crippen molar-refractivity contribution in [2.24, 2.45) is 0 Å². The van der Waals surface area contributed by atoms with Crippen molar-refractivity contribution in [2.75, 3.05) is 29.9 Å². The summed E-state index contributed by atoms with van der Waals surface area (Å²) in [5.74, 6) is 1.06. The van der Waals surface area contributed by atoms with Crippen LogP contribution in [0.15, 0.2) is 49.2 Å². The van der Waals surface area contributed by atoms with Gasteiger partial charge in [0.25, 0.3) is 5.91 Å². The lowest BCUT2D eigenvalue weighted by Gasteiger charge is -2.33. The van der Waals surface area contributed by atoms with Gasteiger partial charge in [0.2, 0.25) is 5.95 Å². The van der Waals surface area contributed by atoms with E-state index in [1.165, 1.54) is 6.20 Å². The van der Waals surface area contributed by atoms with E-state index in [-0.39, 0.29) is 5.91 Å². The van der Waals surface area contributed by atoms with E-state index in [4.69, 9.17) is 0 Å². The molecule has 1 fully saturated rings. The molecule has 4 heterocycles. The number of nitrogens with one attached hydrogen (secondary N) is 2. The van der Waals surface area contributed by atoms with Crippen LogP contribution in [-0.2, 0) is 0 Å². The lowest BCUT2D eigenvalue weighted by Crippen LogP contribution is -2.50. The Morgan fingerprint density at radius 3 is 2.74 bits per heavy atom. The summed E-state index contributed by atoms with van der Waals surface area (Å²) in [6.45, 7) is 4.81. The monoisotopic (exact) mass is 364 g/mol. The molecule has 3 aromatic rings. The highest BCUT2D eigenvalue weighted by atomic mass is 16.1. The molecule has 0 aromatic carbocycles. The second-order valence-electron chi connectivity index (χ2n) is 6.33. The number of hydrogen-bond acceptors (Lipinski definition) is 7. The molecular formula is C18H20N8O. The molecular weight excluding hydrogens is 344 g/mol. The van der Waals surface area contributed by atoms with Gasteiger partial charge in [-0.1, -0.05) is 0 Å². The fraction of sp³-hybridized carbons (Fsp3) is 0.278. The lowest BCUT2D eigenvalue weighted by atomic mass is 10.2. The first-order valence-corrected chi connectivity index (χ1v) is 8.77. The SMILES string of the molecule is C[C@H]1CNCCN1c1ncc(NC(=O)c2ccc(-n3cccn3)nc2)cn1. The molecule has 1 saturated heterocycles. The van der Waals surface area contributed by atoms with Crippen LogP contribution in [0.4, 0.5) is 11.6 Å². The number of carbonyl (C=O) groups excluding carboxylic acids is 1. The summed E-state index contributed by atoms with van der Waals surface area (Å²) in [4.78, 5) is 27.6. The molecule has 4 rings (SSSR count). The van der Waals surface area contributed by atoms with Crippen molar-refractivity contribution in [3.63, 3.8) is 0 Å². The molecule has 0 unspecified atom stereocenters. The van der Waals surface area contributed by atoms with Gasteiger partial charge in [-0.25, -0.2) is 19.6 Å². The molecule has 9 nitrogen and oxygen atoms in total. The van der Waals surface area contributed by atoms with Crippen molar-refractivity contribution in [1.82, 2.24) is 30.0 Å². The number of nitrogens with zero attached hydrogens (tertiary/aromatic N) is 6. The van der Waals surface area contributed by atoms with E-state index in [1.807, 2.05) is 6.07 Å². The Kier molecular flexibility index (Phi) is 4.75. The molecule has 0 spiro atoms. The summed E-state index contributed by atoms with van der Waals surface area (Å²) >= 11 is 0. The highest BCUT2D eigenvalue weighted by Crippen LogP contribution is 2.15. The van der Waals surface area contributed by atoms with Crippen LogP contribution in [-0.4, -0.2) is 56.3 Å². The molecule has 0 saturated carbocycles. The Balaban J connectivity index is 1.42. The molecule has 1 amide bonds. The minimum Gasteiger partial charge on any atom is -0.336 e. The van der Waals surface area contributed by atoms with Gasteiger partial charge in [-0.15, -0.1) is 0 Å². The smallest absolute Gasteiger partial charge is 0.257 e. The van der Waals surface area contributed by atoms with Gasteiger partial charge in [-0.2, -0.15) is 5.10 Å². The number of piperazine rings is 1. The van der Waals surface area contributed by atoms with Crippen LogP contribution in [0.2, 0.25) is 0 Å². The van der Waals surface area contributed by atoms with Crippen LogP contribution in [0.3, 0.4) is 0 Å². The zero-order chi connectivity index (χ0) is 18.6. The van der Waals surface area contributed by atoms with Gasteiger partial charge in [0.05, 0.1) is 23.6 Å². The van der Waals surface area contributed by atoms with Crippen LogP contribution in [0, 0.1) is 0 Å². The Bertz CT molecular complexity index is 892. The van der Waals surface area contributed by atoms with Crippen molar-refractivity contribution < 1.29 is 4.79 Å². The Morgan fingerprint density at radius 2 is 2.07 bits per heavy atom. The average molecular weight is 364 g/mol. The first kappa shape index (κ1) is 17.1. The minimum absolute atomic E-state index is 0.263. The van der Waals surface area contributed by atoms with Crippen LogP contribution >= 0.6 is 0 Å². The normalized spacial score (nSPS) is 16.9. The third-order valence-electron chi connectivity index (χ3n) is 4.40. The summed E-state index contributed by atoms with van der Waals surface area (Å²) in [6, 6.07) is 5.59. The fourth-order valence-electron chi connectivity index (χ4n) is 2.94. The first-order chi connectivity index (χ1) is 13.2. The number of aromatic nitrogens is 5. The average Bonchev–Trinajstić information content (AvgIpc) is 3.24. The molecule has 3 aromatic heterocycles. The van der Waals surface area contributed by atoms with E-state index < -0.39 is 0 Å². The lowest BCUT2D eigenvalue weighted by molar-refractivity contribution is 0.102. The number of anilines is 2. The molecule has 1 aliphatic heterocycles. The van der Waals surface area contributed by atoms with Crippen LogP contribution in [0.5, 0.6) is 0 Å². The quantitative estimate of drug-likeness (QED) is 0.715. The number of carbonyl (C=O) groups is 1. The van der Waals surface area contributed by atoms with E-state index in [0.29, 0.717) is 29.1 Å². The van der Waals surface area contributed by atoms with Gasteiger partial charge < -0.3 is 15.5 Å². The van der Waals surface area contributed by atoms with Crippen molar-refractivity contribution in [3.05, 3.63) is 54.7 Å². The second-order valence-corrected chi connectivity index (χ2v) is 6.33. The van der Waals surface area contributed by atoms with E-state index in [9.17, 15) is 4.79 Å². The predicted molar refractivity (Wildman–Crippen MR) is 101 cm³/mol. The Labute approximate surface area is 156 Å². The maximum Gasteiger partial charge on any atom is 0.257 e. The van der Waals surface area contributed by atoms with Crippen molar-refractivity contribution in [2.45, 2.75) is 13.0 Å². The largest absolute Gasteiger partial charge is 0.336 e. The van der Waals surface area contributed by atoms with Gasteiger partial charge in [0.15, 0.2) is 5.82 Å². The molecule has 0 bridgehead atoms. The van der Waals surface area contributed by atoms with Gasteiger partial charge in [0.1, 0.15) is 0 Å². The summed E-state index contributed by atoms with van der Waals surface area (Å²) in [5, 5.41) is 10.2. The van der Waals surface area contributed by atoms with E-state index in [2.05, 4.69) is 42.5 Å². The van der Waals surface area contributed by atoms with Crippen LogP contribution in [0.1, 0.15) is 17.3 Å². The van der Waals surface area contributed by atoms with Crippen LogP contribution in [0.25, 0.3) is 5.82 Å². The van der Waals surface area contributed by atoms with Crippen molar-refractivity contribution in [1.29, 1.82) is 0 Å². The minimum atomic E-state index is -0.263. The summed E-state index contributed by atoms with van der Waals surface area (Å²) in [5.41, 5.74) is 0.994. The molecule has 2 N–H and O–H groups in total. The number of hydrogen-bond donors (Lipinski definition) is 2. The van der Waals surface area contributed by atoms with Crippen LogP contribution < -0.4 is 15.5 Å². The van der Waals surface area contributed by atoms with Gasteiger partial charge in [-0.3, -0.25) is 4.79 Å². The molecule has 9 heteroatoms. The zero-order valence-electron chi connectivity index (χ0n) is 14.9. The topological polar surface area (TPSA) is 101 Å². The molecule has 27 heavy (non-hydrogen) atoms. The molecule has 1 atom stereocenters. The third-order valence-corrected chi connectivity index (χ3v) is 4.40. The molecule has 0 radical (unpaired) electrons. The Hall–Kier alpha value is -3.33. The summed E-state index contributed by atoms with van der Waals surface area (Å²) in [6.07, 6.45) is 8.23. The van der Waals surface area contributed by atoms with E-state index >= 15 is 0 Å². The second kappa shape index (κ2) is 7.50. The van der Waals surface area contributed by atoms with E-state index in [0.717, 1.165) is 19.6 Å². The van der Waals surface area contributed by atoms with E-state index in [1.54, 1.807) is 41.6 Å².